The monoisotopic (exact) mass is 271 g/mol. The normalized spacial score (nSPS) is 15.6. The van der Waals surface area contributed by atoms with E-state index in [2.05, 4.69) is 0 Å². The topological polar surface area (TPSA) is 40.1 Å². The van der Waals surface area contributed by atoms with Gasteiger partial charge in [-0.15, -0.1) is 0 Å². The van der Waals surface area contributed by atoms with E-state index in [1.165, 1.54) is 11.8 Å². The lowest BCUT2D eigenvalue weighted by Gasteiger charge is -2.07. The molecule has 2 nitrogen and oxygen atoms in total. The van der Waals surface area contributed by atoms with Crippen LogP contribution in [0.4, 0.5) is 0 Å². The first-order chi connectivity index (χ1) is 7.66. The van der Waals surface area contributed by atoms with Crippen LogP contribution in [0.3, 0.4) is 0 Å². The molecule has 1 aromatic rings. The molecule has 1 aliphatic rings. The Morgan fingerprint density at radius 3 is 2.62 bits per heavy atom. The quantitative estimate of drug-likeness (QED) is 0.845. The standard InChI is InChI=1S/C11H9ClO2S2/c12-7-1-3-8(4-2-7)16-10-6-15-5-9(10)11(13)14/h1-4H,5-6H2,(H,13,14)/p-1. The fraction of sp³-hybridized carbons (Fsp3) is 0.182. The molecule has 1 aliphatic heterocycles. The summed E-state index contributed by atoms with van der Waals surface area (Å²) >= 11 is 8.85. The Morgan fingerprint density at radius 1 is 1.31 bits per heavy atom. The SMILES string of the molecule is O=C([O-])C1=C(Sc2ccc(Cl)cc2)CSC1. The van der Waals surface area contributed by atoms with Crippen LogP contribution in [0.1, 0.15) is 0 Å². The molecular formula is C11H8ClO2S2-. The minimum Gasteiger partial charge on any atom is -0.545 e. The maximum atomic E-state index is 10.8. The van der Waals surface area contributed by atoms with Gasteiger partial charge in [-0.25, -0.2) is 0 Å². The van der Waals surface area contributed by atoms with E-state index >= 15 is 0 Å². The number of thioether (sulfide) groups is 2. The van der Waals surface area contributed by atoms with Crippen molar-refractivity contribution in [2.45, 2.75) is 4.90 Å². The summed E-state index contributed by atoms with van der Waals surface area (Å²) in [6, 6.07) is 7.36. The Hall–Kier alpha value is -0.580. The predicted molar refractivity (Wildman–Crippen MR) is 66.7 cm³/mol. The van der Waals surface area contributed by atoms with Gasteiger partial charge in [0.1, 0.15) is 0 Å². The van der Waals surface area contributed by atoms with E-state index in [4.69, 9.17) is 11.6 Å². The van der Waals surface area contributed by atoms with E-state index in [-0.39, 0.29) is 0 Å². The summed E-state index contributed by atoms with van der Waals surface area (Å²) in [5.41, 5.74) is 0.421. The summed E-state index contributed by atoms with van der Waals surface area (Å²) in [5.74, 6) is 0.232. The average Bonchev–Trinajstić information content (AvgIpc) is 2.69. The summed E-state index contributed by atoms with van der Waals surface area (Å²) in [6.45, 7) is 0. The molecule has 0 atom stereocenters. The lowest BCUT2D eigenvalue weighted by Crippen LogP contribution is -2.25. The first-order valence-electron chi connectivity index (χ1n) is 4.61. The second kappa shape index (κ2) is 5.17. The molecule has 0 amide bonds. The molecule has 5 heteroatoms. The second-order valence-electron chi connectivity index (χ2n) is 3.24. The van der Waals surface area contributed by atoms with Gasteiger partial charge in [0.2, 0.25) is 0 Å². The third-order valence-electron chi connectivity index (χ3n) is 2.12. The molecule has 0 saturated heterocycles. The van der Waals surface area contributed by atoms with Crippen molar-refractivity contribution in [3.8, 4) is 0 Å². The van der Waals surface area contributed by atoms with E-state index in [0.29, 0.717) is 16.3 Å². The molecule has 0 aromatic heterocycles. The van der Waals surface area contributed by atoms with Gasteiger partial charge < -0.3 is 9.90 Å². The molecule has 0 unspecified atom stereocenters. The van der Waals surface area contributed by atoms with Gasteiger partial charge in [0.15, 0.2) is 0 Å². The lowest BCUT2D eigenvalue weighted by atomic mass is 10.3. The Balaban J connectivity index is 2.18. The van der Waals surface area contributed by atoms with Gasteiger partial charge in [-0.1, -0.05) is 23.4 Å². The van der Waals surface area contributed by atoms with Gasteiger partial charge in [-0.3, -0.25) is 0 Å². The van der Waals surface area contributed by atoms with Crippen molar-refractivity contribution in [1.29, 1.82) is 0 Å². The fourth-order valence-electron chi connectivity index (χ4n) is 1.32. The van der Waals surface area contributed by atoms with Gasteiger partial charge in [-0.05, 0) is 29.8 Å². The average molecular weight is 272 g/mol. The van der Waals surface area contributed by atoms with E-state index < -0.39 is 5.97 Å². The van der Waals surface area contributed by atoms with Crippen molar-refractivity contribution in [1.82, 2.24) is 0 Å². The summed E-state index contributed by atoms with van der Waals surface area (Å²) in [5, 5.41) is 11.5. The number of hydrogen-bond acceptors (Lipinski definition) is 4. The number of carbonyl (C=O) groups is 1. The van der Waals surface area contributed by atoms with Crippen LogP contribution in [-0.4, -0.2) is 17.5 Å². The van der Waals surface area contributed by atoms with E-state index in [0.717, 1.165) is 15.6 Å². The summed E-state index contributed by atoms with van der Waals surface area (Å²) in [7, 11) is 0. The first kappa shape index (κ1) is 11.9. The first-order valence-corrected chi connectivity index (χ1v) is 6.96. The molecule has 0 bridgehead atoms. The molecule has 0 N–H and O–H groups in total. The van der Waals surface area contributed by atoms with Gasteiger partial charge in [0, 0.05) is 26.3 Å². The van der Waals surface area contributed by atoms with E-state index in [1.807, 2.05) is 12.1 Å². The number of carboxylic acid groups (broad SMARTS) is 1. The highest BCUT2D eigenvalue weighted by molar-refractivity contribution is 8.06. The molecule has 0 saturated carbocycles. The van der Waals surface area contributed by atoms with Crippen molar-refractivity contribution < 1.29 is 9.90 Å². The van der Waals surface area contributed by atoms with Crippen LogP contribution in [0, 0.1) is 0 Å². The number of halogens is 1. The Morgan fingerprint density at radius 2 is 2.00 bits per heavy atom. The van der Waals surface area contributed by atoms with Crippen LogP contribution in [-0.2, 0) is 4.79 Å². The summed E-state index contributed by atoms with van der Waals surface area (Å²) < 4.78 is 0. The number of carbonyl (C=O) groups excluding carboxylic acids is 1. The zero-order valence-corrected chi connectivity index (χ0v) is 10.6. The number of carboxylic acids is 1. The van der Waals surface area contributed by atoms with Crippen molar-refractivity contribution in [2.75, 3.05) is 11.5 Å². The Labute approximate surface area is 107 Å². The minimum atomic E-state index is -1.05. The Bertz CT molecular complexity index is 440. The lowest BCUT2D eigenvalue weighted by molar-refractivity contribution is -0.299. The van der Waals surface area contributed by atoms with Crippen LogP contribution < -0.4 is 5.11 Å². The van der Waals surface area contributed by atoms with Crippen LogP contribution in [0.15, 0.2) is 39.6 Å². The molecule has 0 fully saturated rings. The highest BCUT2D eigenvalue weighted by Gasteiger charge is 2.16. The largest absolute Gasteiger partial charge is 0.545 e. The minimum absolute atomic E-state index is 0.421. The zero-order valence-electron chi connectivity index (χ0n) is 8.23. The molecule has 0 radical (unpaired) electrons. The number of benzene rings is 1. The van der Waals surface area contributed by atoms with Gasteiger partial charge >= 0.3 is 0 Å². The predicted octanol–water partition coefficient (Wildman–Crippen LogP) is 2.18. The van der Waals surface area contributed by atoms with Gasteiger partial charge in [-0.2, -0.15) is 11.8 Å². The van der Waals surface area contributed by atoms with Crippen LogP contribution in [0.2, 0.25) is 5.02 Å². The van der Waals surface area contributed by atoms with Crippen LogP contribution in [0.5, 0.6) is 0 Å². The summed E-state index contributed by atoms with van der Waals surface area (Å²) in [4.78, 5) is 12.7. The molecular weight excluding hydrogens is 264 g/mol. The fourth-order valence-corrected chi connectivity index (χ4v) is 3.82. The number of rotatable bonds is 3. The van der Waals surface area contributed by atoms with Crippen LogP contribution >= 0.6 is 35.1 Å². The van der Waals surface area contributed by atoms with Crippen molar-refractivity contribution in [3.05, 3.63) is 39.8 Å². The van der Waals surface area contributed by atoms with Crippen LogP contribution in [0.25, 0.3) is 0 Å². The molecule has 0 spiro atoms. The maximum absolute atomic E-state index is 10.8. The highest BCUT2D eigenvalue weighted by Crippen LogP contribution is 2.37. The van der Waals surface area contributed by atoms with Crippen molar-refractivity contribution in [3.63, 3.8) is 0 Å². The third-order valence-corrected chi connectivity index (χ3v) is 4.68. The molecule has 2 rings (SSSR count). The number of hydrogen-bond donors (Lipinski definition) is 0. The maximum Gasteiger partial charge on any atom is 0.0691 e. The Kier molecular flexibility index (Phi) is 3.84. The molecule has 84 valence electrons. The third kappa shape index (κ3) is 2.75. The smallest absolute Gasteiger partial charge is 0.0691 e. The van der Waals surface area contributed by atoms with Crippen molar-refractivity contribution in [2.24, 2.45) is 0 Å². The van der Waals surface area contributed by atoms with Crippen molar-refractivity contribution >= 4 is 41.1 Å². The van der Waals surface area contributed by atoms with Gasteiger partial charge in [0.05, 0.1) is 5.97 Å². The molecule has 0 aliphatic carbocycles. The van der Waals surface area contributed by atoms with E-state index in [1.54, 1.807) is 23.9 Å². The van der Waals surface area contributed by atoms with Gasteiger partial charge in [0.25, 0.3) is 0 Å². The summed E-state index contributed by atoms with van der Waals surface area (Å²) in [6.07, 6.45) is 0. The van der Waals surface area contributed by atoms with E-state index in [9.17, 15) is 9.90 Å². The number of aliphatic carboxylic acids is 1. The zero-order chi connectivity index (χ0) is 11.5. The molecule has 1 heterocycles. The highest BCUT2D eigenvalue weighted by atomic mass is 35.5. The second-order valence-corrected chi connectivity index (χ2v) is 5.83. The molecule has 1 aromatic carbocycles. The molecule has 16 heavy (non-hydrogen) atoms.